The topological polar surface area (TPSA) is 93.3 Å². The molecule has 9 nitrogen and oxygen atoms in total. The van der Waals surface area contributed by atoms with E-state index in [9.17, 15) is 9.59 Å². The molecule has 0 aliphatic rings. The molecule has 1 heterocycles. The Morgan fingerprint density at radius 1 is 0.857 bits per heavy atom. The average Bonchev–Trinajstić information content (AvgIpc) is 3.44. The van der Waals surface area contributed by atoms with Crippen LogP contribution in [0.2, 0.25) is 0 Å². The fourth-order valence-electron chi connectivity index (χ4n) is 4.83. The molecule has 0 aliphatic carbocycles. The molecule has 4 rings (SSSR count). The molecule has 1 aromatic heterocycles. The highest BCUT2D eigenvalue weighted by molar-refractivity contribution is 5.99. The van der Waals surface area contributed by atoms with Crippen LogP contribution in [0.1, 0.15) is 28.4 Å². The first-order chi connectivity index (χ1) is 20.5. The molecule has 2 amide bonds. The van der Waals surface area contributed by atoms with Crippen LogP contribution in [-0.2, 0) is 22.5 Å². The van der Waals surface area contributed by atoms with E-state index < -0.39 is 0 Å². The zero-order chi connectivity index (χ0) is 29.9. The summed E-state index contributed by atoms with van der Waals surface area (Å²) in [4.78, 5) is 34.2. The Labute approximate surface area is 246 Å². The minimum absolute atomic E-state index is 0.109. The molecule has 0 radical (unpaired) electrons. The van der Waals surface area contributed by atoms with Gasteiger partial charge in [0.2, 0.25) is 5.91 Å². The van der Waals surface area contributed by atoms with Crippen LogP contribution in [0.15, 0.2) is 72.9 Å². The van der Waals surface area contributed by atoms with Crippen molar-refractivity contribution in [2.75, 3.05) is 54.2 Å². The van der Waals surface area contributed by atoms with Gasteiger partial charge in [-0.25, -0.2) is 0 Å². The second-order valence-corrected chi connectivity index (χ2v) is 9.79. The summed E-state index contributed by atoms with van der Waals surface area (Å²) >= 11 is 0. The number of nitrogens with one attached hydrogen (secondary N) is 1. The third kappa shape index (κ3) is 7.61. The van der Waals surface area contributed by atoms with Crippen molar-refractivity contribution in [3.63, 3.8) is 0 Å². The predicted molar refractivity (Wildman–Crippen MR) is 162 cm³/mol. The van der Waals surface area contributed by atoms with Gasteiger partial charge >= 0.3 is 0 Å². The number of carbonyl (C=O) groups is 2. The number of aromatic amines is 1. The lowest BCUT2D eigenvalue weighted by Gasteiger charge is -2.28. The molecule has 222 valence electrons. The molecule has 0 bridgehead atoms. The van der Waals surface area contributed by atoms with Gasteiger partial charge in [-0.2, -0.15) is 0 Å². The maximum atomic E-state index is 13.9. The van der Waals surface area contributed by atoms with Crippen molar-refractivity contribution in [3.8, 4) is 17.2 Å². The van der Waals surface area contributed by atoms with Crippen molar-refractivity contribution in [2.45, 2.75) is 19.9 Å². The van der Waals surface area contributed by atoms with Gasteiger partial charge in [0.15, 0.2) is 0 Å². The van der Waals surface area contributed by atoms with Crippen molar-refractivity contribution in [3.05, 3.63) is 89.6 Å². The molecule has 3 aromatic carbocycles. The van der Waals surface area contributed by atoms with E-state index in [1.807, 2.05) is 55.6 Å². The molecule has 0 aliphatic heterocycles. The zero-order valence-corrected chi connectivity index (χ0v) is 24.7. The number of H-pyrrole nitrogens is 1. The summed E-state index contributed by atoms with van der Waals surface area (Å²) in [7, 11) is 4.62. The number of hydrogen-bond acceptors (Lipinski definition) is 6. The first kappa shape index (κ1) is 30.5. The second kappa shape index (κ2) is 14.9. The Morgan fingerprint density at radius 3 is 2.33 bits per heavy atom. The summed E-state index contributed by atoms with van der Waals surface area (Å²) in [6.45, 7) is 3.82. The molecule has 1 N–H and O–H groups in total. The Hall–Kier alpha value is -4.50. The summed E-state index contributed by atoms with van der Waals surface area (Å²) < 4.78 is 21.6. The maximum Gasteiger partial charge on any atom is 0.258 e. The SMILES string of the molecule is CCOc1ccc(CN(CCc2c[nH]c3ccccc23)C(=O)CN(CCOC)C(=O)c2ccc(OC)cc2OC)cc1. The van der Waals surface area contributed by atoms with Crippen molar-refractivity contribution >= 4 is 22.7 Å². The van der Waals surface area contributed by atoms with Gasteiger partial charge in [-0.3, -0.25) is 9.59 Å². The fourth-order valence-corrected chi connectivity index (χ4v) is 4.83. The van der Waals surface area contributed by atoms with Crippen LogP contribution >= 0.6 is 0 Å². The van der Waals surface area contributed by atoms with E-state index in [-0.39, 0.29) is 31.5 Å². The Morgan fingerprint density at radius 2 is 1.62 bits per heavy atom. The van der Waals surface area contributed by atoms with Crippen LogP contribution in [0.3, 0.4) is 0 Å². The number of benzene rings is 3. The second-order valence-electron chi connectivity index (χ2n) is 9.79. The van der Waals surface area contributed by atoms with E-state index in [4.69, 9.17) is 18.9 Å². The molecular weight excluding hydrogens is 534 g/mol. The van der Waals surface area contributed by atoms with Gasteiger partial charge in [0.05, 0.1) is 33.0 Å². The monoisotopic (exact) mass is 573 g/mol. The summed E-state index contributed by atoms with van der Waals surface area (Å²) in [5, 5.41) is 1.13. The summed E-state index contributed by atoms with van der Waals surface area (Å²) in [5.41, 5.74) is 3.50. The molecule has 0 saturated carbocycles. The van der Waals surface area contributed by atoms with Crippen molar-refractivity contribution in [2.24, 2.45) is 0 Å². The van der Waals surface area contributed by atoms with Gasteiger partial charge in [0.25, 0.3) is 5.91 Å². The number of nitrogens with zero attached hydrogens (tertiary/aromatic N) is 2. The largest absolute Gasteiger partial charge is 0.497 e. The quantitative estimate of drug-likeness (QED) is 0.217. The molecule has 42 heavy (non-hydrogen) atoms. The van der Waals surface area contributed by atoms with E-state index in [0.717, 1.165) is 27.8 Å². The Bertz CT molecular complexity index is 1470. The minimum Gasteiger partial charge on any atom is -0.497 e. The molecule has 0 saturated heterocycles. The van der Waals surface area contributed by atoms with Crippen molar-refractivity contribution in [1.29, 1.82) is 0 Å². The molecule has 4 aromatic rings. The number of aromatic nitrogens is 1. The highest BCUT2D eigenvalue weighted by atomic mass is 16.5. The number of para-hydroxylation sites is 1. The molecular formula is C33H39N3O6. The van der Waals surface area contributed by atoms with Gasteiger partial charge in [0.1, 0.15) is 23.8 Å². The number of amides is 2. The normalized spacial score (nSPS) is 10.9. The third-order valence-corrected chi connectivity index (χ3v) is 7.10. The van der Waals surface area contributed by atoms with Crippen molar-refractivity contribution in [1.82, 2.24) is 14.8 Å². The van der Waals surface area contributed by atoms with Crippen LogP contribution < -0.4 is 14.2 Å². The number of rotatable bonds is 15. The summed E-state index contributed by atoms with van der Waals surface area (Å²) in [6, 6.07) is 20.9. The summed E-state index contributed by atoms with van der Waals surface area (Å²) in [6.07, 6.45) is 2.65. The maximum absolute atomic E-state index is 13.9. The van der Waals surface area contributed by atoms with Gasteiger partial charge in [-0.1, -0.05) is 30.3 Å². The van der Waals surface area contributed by atoms with E-state index >= 15 is 0 Å². The average molecular weight is 574 g/mol. The molecule has 0 fully saturated rings. The first-order valence-corrected chi connectivity index (χ1v) is 14.0. The number of methoxy groups -OCH3 is 3. The highest BCUT2D eigenvalue weighted by Gasteiger charge is 2.25. The predicted octanol–water partition coefficient (Wildman–Crippen LogP) is 4.94. The van der Waals surface area contributed by atoms with Gasteiger partial charge < -0.3 is 33.7 Å². The Balaban J connectivity index is 1.57. The first-order valence-electron chi connectivity index (χ1n) is 14.0. The number of ether oxygens (including phenoxy) is 4. The Kier molecular flexibility index (Phi) is 10.8. The lowest BCUT2D eigenvalue weighted by molar-refractivity contribution is -0.132. The van der Waals surface area contributed by atoms with Gasteiger partial charge in [-0.05, 0) is 54.8 Å². The lowest BCUT2D eigenvalue weighted by Crippen LogP contribution is -2.44. The molecule has 0 spiro atoms. The van der Waals surface area contributed by atoms with Gasteiger partial charge in [0, 0.05) is 49.9 Å². The standard InChI is InChI=1S/C33H39N3O6/c1-5-42-26-12-10-24(11-13-26)22-35(17-16-25-21-34-30-9-7-6-8-28(25)30)32(37)23-36(18-19-39-2)33(38)29-15-14-27(40-3)20-31(29)41-4/h6-15,20-21,34H,5,16-19,22-23H2,1-4H3. The van der Waals surface area contributed by atoms with E-state index in [1.54, 1.807) is 37.3 Å². The van der Waals surface area contributed by atoms with E-state index in [0.29, 0.717) is 43.2 Å². The zero-order valence-electron chi connectivity index (χ0n) is 24.7. The lowest BCUT2D eigenvalue weighted by atomic mass is 10.1. The third-order valence-electron chi connectivity index (χ3n) is 7.10. The van der Waals surface area contributed by atoms with Crippen molar-refractivity contribution < 1.29 is 28.5 Å². The minimum atomic E-state index is -0.322. The van der Waals surface area contributed by atoms with Crippen LogP contribution in [0.25, 0.3) is 10.9 Å². The smallest absolute Gasteiger partial charge is 0.258 e. The molecule has 9 heteroatoms. The highest BCUT2D eigenvalue weighted by Crippen LogP contribution is 2.26. The van der Waals surface area contributed by atoms with E-state index in [2.05, 4.69) is 11.1 Å². The van der Waals surface area contributed by atoms with Crippen LogP contribution in [0.5, 0.6) is 17.2 Å². The fraction of sp³-hybridized carbons (Fsp3) is 0.333. The number of carbonyl (C=O) groups excluding carboxylic acids is 2. The number of hydrogen-bond donors (Lipinski definition) is 1. The van der Waals surface area contributed by atoms with Crippen LogP contribution in [-0.4, -0.2) is 80.8 Å². The van der Waals surface area contributed by atoms with Crippen LogP contribution in [0, 0.1) is 0 Å². The molecule has 0 atom stereocenters. The van der Waals surface area contributed by atoms with Crippen LogP contribution in [0.4, 0.5) is 0 Å². The number of fused-ring (bicyclic) bond motifs is 1. The molecule has 0 unspecified atom stereocenters. The van der Waals surface area contributed by atoms with Gasteiger partial charge in [-0.15, -0.1) is 0 Å². The van der Waals surface area contributed by atoms with E-state index in [1.165, 1.54) is 12.0 Å². The summed E-state index contributed by atoms with van der Waals surface area (Å²) in [5.74, 6) is 1.24.